The van der Waals surface area contributed by atoms with Crippen LogP contribution in [0.1, 0.15) is 66.5 Å². The van der Waals surface area contributed by atoms with Gasteiger partial charge in [-0.05, 0) is 166 Å². The van der Waals surface area contributed by atoms with Crippen LogP contribution in [0.15, 0.2) is 182 Å². The fraction of sp³-hybridized carbons (Fsp3) is 0.160. The molecule has 0 fully saturated rings. The highest BCUT2D eigenvalue weighted by Gasteiger charge is 2.21. The minimum Gasteiger partial charge on any atom is -0.200 e. The van der Waals surface area contributed by atoms with Gasteiger partial charge in [0.05, 0.1) is 16.2 Å². The minimum atomic E-state index is -2.13. The van der Waals surface area contributed by atoms with Crippen LogP contribution in [0.25, 0.3) is 127 Å². The summed E-state index contributed by atoms with van der Waals surface area (Å²) in [6.45, 7) is 1.89. The molecule has 3 nitrogen and oxygen atoms in total. The maximum Gasteiger partial charge on any atom is 0.213 e. The Morgan fingerprint density at radius 2 is 0.543 bits per heavy atom. The minimum absolute atomic E-state index is 0.345. The number of pyridine rings is 3. The summed E-state index contributed by atoms with van der Waals surface area (Å²) in [4.78, 5) is 0. The van der Waals surface area contributed by atoms with Gasteiger partial charge in [0.15, 0.2) is 18.6 Å². The maximum absolute atomic E-state index is 7.71. The average Bonchev–Trinajstić information content (AvgIpc) is 1.65. The molecule has 0 aliphatic carbocycles. The zero-order chi connectivity index (χ0) is 66.1. The Labute approximate surface area is 503 Å². The summed E-state index contributed by atoms with van der Waals surface area (Å²) in [6, 6.07) is 54.4. The third-order valence-corrected chi connectivity index (χ3v) is 19.2. The van der Waals surface area contributed by atoms with Gasteiger partial charge >= 0.3 is 0 Å². The van der Waals surface area contributed by atoms with Crippen molar-refractivity contribution >= 4 is 127 Å². The van der Waals surface area contributed by atoms with Crippen molar-refractivity contribution in [3.05, 3.63) is 232 Å². The smallest absolute Gasteiger partial charge is 0.200 e. The zero-order valence-corrected chi connectivity index (χ0v) is 48.8. The first-order valence-corrected chi connectivity index (χ1v) is 29.5. The lowest BCUT2D eigenvalue weighted by molar-refractivity contribution is -0.659. The van der Waals surface area contributed by atoms with Crippen LogP contribution in [0.5, 0.6) is 0 Å². The molecule has 81 heavy (non-hydrogen) atoms. The number of thiophene rings is 3. The Morgan fingerprint density at radius 3 is 0.938 bits per heavy atom. The fourth-order valence-corrected chi connectivity index (χ4v) is 15.2. The Balaban J connectivity index is 0.000000128. The molecular weight excluding hydrogens is 1040 g/mol. The van der Waals surface area contributed by atoms with E-state index in [4.69, 9.17) is 16.4 Å². The second-order valence-corrected chi connectivity index (χ2v) is 25.1. The Morgan fingerprint density at radius 1 is 0.272 bits per heavy atom. The van der Waals surface area contributed by atoms with Crippen molar-refractivity contribution in [3.8, 4) is 33.8 Å². The van der Waals surface area contributed by atoms with E-state index in [2.05, 4.69) is 151 Å². The van der Waals surface area contributed by atoms with Crippen LogP contribution < -0.4 is 13.7 Å². The van der Waals surface area contributed by atoms with Crippen molar-refractivity contribution < 1.29 is 30.2 Å². The SMILES string of the molecule is Cc1ccc(-c2cc3sc4cc5cc(C)ccc5cc4c3c[n+]2C)c(C)c1.[2H]C([2H])([2H])c1ccc(-c2cc3sc4cc5cc(C([2H])([2H])[2H])ccc5cc4c3c[n+]2C)c(C)c1.[2H]C([2H])([2H])c1ccc(-c2cc3sc4cc5ccc(C([2H])([2H])[2H])cc5cc4c3c[n+]2C)c(C)c1. The average molecular weight is 1120 g/mol. The van der Waals surface area contributed by atoms with Crippen LogP contribution >= 0.6 is 34.0 Å². The van der Waals surface area contributed by atoms with E-state index in [1.54, 1.807) is 71.2 Å². The van der Waals surface area contributed by atoms with Crippen LogP contribution in [-0.4, -0.2) is 0 Å². The van der Waals surface area contributed by atoms with E-state index in [9.17, 15) is 0 Å². The summed E-state index contributed by atoms with van der Waals surface area (Å²) in [5.41, 5.74) is 13.8. The van der Waals surface area contributed by atoms with Gasteiger partial charge in [0, 0.05) is 95.7 Å². The van der Waals surface area contributed by atoms with E-state index in [-0.39, 0.29) is 0 Å². The van der Waals surface area contributed by atoms with E-state index in [0.717, 1.165) is 95.5 Å². The van der Waals surface area contributed by atoms with Crippen molar-refractivity contribution in [1.82, 2.24) is 0 Å². The van der Waals surface area contributed by atoms with E-state index >= 15 is 0 Å². The normalized spacial score (nSPS) is 14.5. The molecule has 15 rings (SSSR count). The Bertz CT molecular complexity index is 5500. The predicted octanol–water partition coefficient (Wildman–Crippen LogP) is 19.9. The van der Waals surface area contributed by atoms with E-state index in [1.807, 2.05) is 63.5 Å². The first-order valence-electron chi connectivity index (χ1n) is 33.0. The van der Waals surface area contributed by atoms with Gasteiger partial charge in [-0.25, -0.2) is 13.7 Å². The lowest BCUT2D eigenvalue weighted by Gasteiger charge is -2.06. The number of hydrogen-bond donors (Lipinski definition) is 0. The molecule has 0 N–H and O–H groups in total. The third kappa shape index (κ3) is 9.73. The number of rotatable bonds is 3. The monoisotopic (exact) mass is 1120 g/mol. The molecule has 6 heteroatoms. The molecular formula is C75H66N3S3+3. The van der Waals surface area contributed by atoms with Crippen molar-refractivity contribution in [3.63, 3.8) is 0 Å². The zero-order valence-electron chi connectivity index (χ0n) is 58.4. The fourth-order valence-electron chi connectivity index (χ4n) is 11.7. The molecule has 0 bridgehead atoms. The van der Waals surface area contributed by atoms with Gasteiger partial charge in [0.25, 0.3) is 0 Å². The van der Waals surface area contributed by atoms with Crippen LogP contribution in [-0.2, 0) is 21.1 Å². The summed E-state index contributed by atoms with van der Waals surface area (Å²) in [5.74, 6) is 0. The number of nitrogens with zero attached hydrogens (tertiary/aromatic N) is 3. The quantitative estimate of drug-likeness (QED) is 0.156. The van der Waals surface area contributed by atoms with Crippen LogP contribution in [0.4, 0.5) is 0 Å². The highest BCUT2D eigenvalue weighted by molar-refractivity contribution is 7.26. The summed E-state index contributed by atoms with van der Waals surface area (Å²) >= 11 is 5.27. The molecule has 0 aliphatic rings. The molecule has 0 aliphatic heterocycles. The standard InChI is InChI=1S/3C25H22NS/c1-15-6-8-20(17(3)9-15)23-13-25-22(14-26(23)4)21-11-19-10-16(2)5-7-18(19)12-24(21)27-25;2*1-15-6-8-20(17(3)9-15)23-13-25-22(14-26(23)4)21-11-18-7-5-16(2)10-19(18)12-24(21)27-25/h3*5-14H,1-4H3/q3*+1/i2*1D3,2D3;. The van der Waals surface area contributed by atoms with E-state index < -0.39 is 27.4 Å². The number of aromatic nitrogens is 3. The Kier molecular flexibility index (Phi) is 10.1. The first-order chi connectivity index (χ1) is 43.8. The van der Waals surface area contributed by atoms with E-state index in [1.165, 1.54) is 58.9 Å². The van der Waals surface area contributed by atoms with Crippen molar-refractivity contribution in [1.29, 1.82) is 0 Å². The molecule has 0 unspecified atom stereocenters. The highest BCUT2D eigenvalue weighted by Crippen LogP contribution is 2.41. The van der Waals surface area contributed by atoms with Gasteiger partial charge in [0.1, 0.15) is 21.1 Å². The molecule has 6 heterocycles. The summed E-state index contributed by atoms with van der Waals surface area (Å²) < 4.78 is 106. The summed E-state index contributed by atoms with van der Waals surface area (Å²) in [7, 11) is 6.14. The molecule has 0 amide bonds. The maximum atomic E-state index is 7.71. The second-order valence-electron chi connectivity index (χ2n) is 21.8. The molecule has 0 radical (unpaired) electrons. The third-order valence-electron chi connectivity index (χ3n) is 15.9. The first kappa shape index (κ1) is 40.1. The predicted molar refractivity (Wildman–Crippen MR) is 353 cm³/mol. The van der Waals surface area contributed by atoms with E-state index in [0.29, 0.717) is 22.3 Å². The number of aryl methyl sites for hydroxylation is 12. The molecule has 9 aromatic carbocycles. The molecule has 0 saturated carbocycles. The summed E-state index contributed by atoms with van der Waals surface area (Å²) in [5, 5.41) is 13.7. The number of fused-ring (bicyclic) bond motifs is 12. The highest BCUT2D eigenvalue weighted by atomic mass is 32.1. The molecule has 6 aromatic heterocycles. The lowest BCUT2D eigenvalue weighted by Crippen LogP contribution is -2.30. The van der Waals surface area contributed by atoms with Gasteiger partial charge in [0.2, 0.25) is 17.1 Å². The van der Waals surface area contributed by atoms with Crippen LogP contribution in [0.2, 0.25) is 0 Å². The van der Waals surface area contributed by atoms with Gasteiger partial charge in [-0.2, -0.15) is 0 Å². The molecule has 0 atom stereocenters. The van der Waals surface area contributed by atoms with Crippen LogP contribution in [0.3, 0.4) is 0 Å². The van der Waals surface area contributed by atoms with Gasteiger partial charge in [-0.15, -0.1) is 34.0 Å². The molecule has 15 aromatic rings. The van der Waals surface area contributed by atoms with Crippen molar-refractivity contribution in [2.75, 3.05) is 0 Å². The van der Waals surface area contributed by atoms with Gasteiger partial charge in [-0.1, -0.05) is 124 Å². The largest absolute Gasteiger partial charge is 0.213 e. The van der Waals surface area contributed by atoms with Gasteiger partial charge in [-0.3, -0.25) is 0 Å². The summed E-state index contributed by atoms with van der Waals surface area (Å²) in [6.07, 6.45) is 6.51. The number of hydrogen-bond acceptors (Lipinski definition) is 3. The van der Waals surface area contributed by atoms with Crippen molar-refractivity contribution in [2.45, 2.75) is 62.0 Å². The second kappa shape index (κ2) is 20.4. The topological polar surface area (TPSA) is 11.6 Å². The van der Waals surface area contributed by atoms with Crippen molar-refractivity contribution in [2.24, 2.45) is 21.1 Å². The number of benzene rings is 9. The van der Waals surface area contributed by atoms with Gasteiger partial charge < -0.3 is 0 Å². The molecule has 396 valence electrons. The Hall–Kier alpha value is -8.13. The molecule has 0 saturated heterocycles. The lowest BCUT2D eigenvalue weighted by atomic mass is 10.0. The van der Waals surface area contributed by atoms with Crippen LogP contribution in [0, 0.1) is 62.0 Å². The molecule has 0 spiro atoms.